The SMILES string of the molecule is CCCCCCCCCCCC(c1cc(C(F)(F)F)ccc1OB(Oc1ccc(C(F)(F)F)cc1)Oc1ccc(C(F)(F)F)cc1)[N+](CC)(CC)CC.FC(F)(F)c1cc[c-]cc1. The van der Waals surface area contributed by atoms with Gasteiger partial charge in [-0.05, 0) is 93.9 Å². The highest BCUT2D eigenvalue weighted by atomic mass is 19.4. The van der Waals surface area contributed by atoms with Gasteiger partial charge in [-0.3, -0.25) is 0 Å². The molecule has 4 aromatic rings. The first-order valence-electron chi connectivity index (χ1n) is 21.0. The molecule has 348 valence electrons. The summed E-state index contributed by atoms with van der Waals surface area (Å²) in [5.74, 6) is -0.300. The van der Waals surface area contributed by atoms with Crippen LogP contribution in [-0.2, 0) is 24.7 Å². The first-order chi connectivity index (χ1) is 29.6. The van der Waals surface area contributed by atoms with E-state index >= 15 is 0 Å². The Kier molecular flexibility index (Phi) is 20.1. The van der Waals surface area contributed by atoms with Gasteiger partial charge in [0.1, 0.15) is 23.3 Å². The topological polar surface area (TPSA) is 27.7 Å². The number of hydrogen-bond acceptors (Lipinski definition) is 3. The summed E-state index contributed by atoms with van der Waals surface area (Å²) in [6.07, 6.45) is -8.02. The Morgan fingerprint density at radius 1 is 0.476 bits per heavy atom. The molecule has 1 atom stereocenters. The molecule has 0 spiro atoms. The highest BCUT2D eigenvalue weighted by Gasteiger charge is 2.41. The second kappa shape index (κ2) is 23.9. The van der Waals surface area contributed by atoms with Crippen LogP contribution in [0, 0.1) is 6.07 Å². The van der Waals surface area contributed by atoms with E-state index in [4.69, 9.17) is 14.0 Å². The summed E-state index contributed by atoms with van der Waals surface area (Å²) in [5.41, 5.74) is -3.18. The van der Waals surface area contributed by atoms with E-state index in [-0.39, 0.29) is 22.8 Å². The van der Waals surface area contributed by atoms with Crippen molar-refractivity contribution in [3.05, 3.63) is 125 Å². The molecule has 0 radical (unpaired) electrons. The number of rotatable bonds is 21. The number of halogens is 12. The molecule has 1 unspecified atom stereocenters. The van der Waals surface area contributed by atoms with Gasteiger partial charge >= 0.3 is 32.0 Å². The summed E-state index contributed by atoms with van der Waals surface area (Å²) >= 11 is 0. The quantitative estimate of drug-likeness (QED) is 0.0274. The summed E-state index contributed by atoms with van der Waals surface area (Å²) in [4.78, 5) is 0. The molecule has 0 saturated carbocycles. The Hall–Kier alpha value is -4.54. The third kappa shape index (κ3) is 16.8. The highest BCUT2D eigenvalue weighted by Crippen LogP contribution is 2.42. The molecule has 0 heterocycles. The average molecular weight is 908 g/mol. The fourth-order valence-corrected chi connectivity index (χ4v) is 7.22. The highest BCUT2D eigenvalue weighted by molar-refractivity contribution is 6.39. The van der Waals surface area contributed by atoms with Crippen molar-refractivity contribution in [1.82, 2.24) is 0 Å². The minimum atomic E-state index is -4.68. The number of quaternary nitrogens is 1. The van der Waals surface area contributed by atoms with Crippen molar-refractivity contribution in [2.45, 2.75) is 123 Å². The second-order valence-corrected chi connectivity index (χ2v) is 15.0. The van der Waals surface area contributed by atoms with Crippen LogP contribution in [0.3, 0.4) is 0 Å². The van der Waals surface area contributed by atoms with Gasteiger partial charge < -0.3 is 18.4 Å². The van der Waals surface area contributed by atoms with Gasteiger partial charge in [0.25, 0.3) is 0 Å². The van der Waals surface area contributed by atoms with Crippen LogP contribution in [0.25, 0.3) is 0 Å². The van der Waals surface area contributed by atoms with Crippen LogP contribution >= 0.6 is 0 Å². The maximum Gasteiger partial charge on any atom is 0.864 e. The Balaban J connectivity index is 0.000000924. The van der Waals surface area contributed by atoms with Crippen molar-refractivity contribution in [3.63, 3.8) is 0 Å². The molecule has 0 fully saturated rings. The smallest absolute Gasteiger partial charge is 0.490 e. The van der Waals surface area contributed by atoms with E-state index < -0.39 is 60.3 Å². The molecule has 0 bridgehead atoms. The van der Waals surface area contributed by atoms with Crippen LogP contribution in [-0.4, -0.2) is 31.4 Å². The number of unbranched alkanes of at least 4 members (excludes halogenated alkanes) is 8. The maximum absolute atomic E-state index is 14.2. The van der Waals surface area contributed by atoms with Crippen LogP contribution in [0.5, 0.6) is 17.2 Å². The monoisotopic (exact) mass is 907 g/mol. The fraction of sp³-hybridized carbons (Fsp3) is 0.478. The summed E-state index contributed by atoms with van der Waals surface area (Å²) in [6, 6.07) is 16.7. The standard InChI is InChI=1S/C39H50BF9NO3.C7H4F3/c1-5-9-10-11-12-13-14-15-16-17-35(50(6-2,7-3)8-4)34-28-31(39(47,48)49)22-27-36(34)53-40(51-32-23-18-29(19-24-32)37(41,42)43)52-33-25-20-30(21-26-33)38(44,45)46;8-7(9,10)6-4-2-1-3-5-6/h18-28,35H,5-17H2,1-4H3;2-5H/q+1;-1. The van der Waals surface area contributed by atoms with Crippen molar-refractivity contribution in [2.75, 3.05) is 19.6 Å². The Labute approximate surface area is 362 Å². The molecular formula is C46H54BF12NO3. The Morgan fingerprint density at radius 2 is 0.857 bits per heavy atom. The van der Waals surface area contributed by atoms with E-state index in [9.17, 15) is 52.7 Å². The molecule has 0 amide bonds. The molecule has 0 aliphatic heterocycles. The van der Waals surface area contributed by atoms with Crippen molar-refractivity contribution in [3.8, 4) is 17.2 Å². The van der Waals surface area contributed by atoms with Gasteiger partial charge in [-0.1, -0.05) is 63.9 Å². The maximum atomic E-state index is 14.2. The van der Waals surface area contributed by atoms with Crippen molar-refractivity contribution < 1.29 is 71.1 Å². The van der Waals surface area contributed by atoms with Crippen LogP contribution in [0.1, 0.15) is 126 Å². The lowest BCUT2D eigenvalue weighted by Crippen LogP contribution is -2.50. The minimum Gasteiger partial charge on any atom is -0.490 e. The number of benzene rings is 4. The molecule has 4 aromatic carbocycles. The van der Waals surface area contributed by atoms with Crippen molar-refractivity contribution in [2.24, 2.45) is 0 Å². The second-order valence-electron chi connectivity index (χ2n) is 15.0. The van der Waals surface area contributed by atoms with Gasteiger partial charge in [-0.15, -0.1) is 0 Å². The lowest BCUT2D eigenvalue weighted by atomic mass is 9.92. The lowest BCUT2D eigenvalue weighted by Gasteiger charge is -2.44. The van der Waals surface area contributed by atoms with Gasteiger partial charge in [0.2, 0.25) is 0 Å². The third-order valence-corrected chi connectivity index (χ3v) is 10.9. The molecule has 0 saturated heterocycles. The van der Waals surface area contributed by atoms with Gasteiger partial charge in [-0.2, -0.15) is 83.0 Å². The van der Waals surface area contributed by atoms with E-state index in [1.165, 1.54) is 31.4 Å². The Bertz CT molecular complexity index is 1830. The van der Waals surface area contributed by atoms with E-state index in [0.717, 1.165) is 117 Å². The van der Waals surface area contributed by atoms with Crippen LogP contribution < -0.4 is 14.0 Å². The third-order valence-electron chi connectivity index (χ3n) is 10.9. The lowest BCUT2D eigenvalue weighted by molar-refractivity contribution is -0.953. The molecular weight excluding hydrogens is 853 g/mol. The molecule has 0 aliphatic rings. The van der Waals surface area contributed by atoms with E-state index in [0.29, 0.717) is 30.5 Å². The molecule has 4 nitrogen and oxygen atoms in total. The molecule has 63 heavy (non-hydrogen) atoms. The largest absolute Gasteiger partial charge is 0.864 e. The molecule has 0 N–H and O–H groups in total. The van der Waals surface area contributed by atoms with Crippen LogP contribution in [0.2, 0.25) is 0 Å². The van der Waals surface area contributed by atoms with Gasteiger partial charge in [0.15, 0.2) is 0 Å². The van der Waals surface area contributed by atoms with Gasteiger partial charge in [-0.25, -0.2) is 0 Å². The summed E-state index contributed by atoms with van der Waals surface area (Å²) in [6.45, 7) is 9.94. The normalized spacial score (nSPS) is 12.9. The fourth-order valence-electron chi connectivity index (χ4n) is 7.22. The number of alkyl halides is 12. The average Bonchev–Trinajstić information content (AvgIpc) is 3.23. The zero-order valence-corrected chi connectivity index (χ0v) is 35.7. The van der Waals surface area contributed by atoms with Crippen LogP contribution in [0.15, 0.2) is 91.0 Å². The van der Waals surface area contributed by atoms with E-state index in [1.807, 2.05) is 20.8 Å². The van der Waals surface area contributed by atoms with E-state index in [2.05, 4.69) is 13.0 Å². The first kappa shape index (κ1) is 52.8. The zero-order valence-electron chi connectivity index (χ0n) is 35.7. The van der Waals surface area contributed by atoms with Crippen molar-refractivity contribution in [1.29, 1.82) is 0 Å². The Morgan fingerprint density at radius 3 is 1.24 bits per heavy atom. The molecule has 0 aliphatic carbocycles. The summed E-state index contributed by atoms with van der Waals surface area (Å²) < 4.78 is 176. The van der Waals surface area contributed by atoms with Crippen LogP contribution in [0.4, 0.5) is 52.7 Å². The van der Waals surface area contributed by atoms with E-state index in [1.54, 1.807) is 0 Å². The number of hydrogen-bond donors (Lipinski definition) is 0. The molecule has 17 heteroatoms. The number of nitrogens with zero attached hydrogens (tertiary/aromatic N) is 1. The summed E-state index contributed by atoms with van der Waals surface area (Å²) in [5, 5.41) is 0. The van der Waals surface area contributed by atoms with Gasteiger partial charge in [0.05, 0.1) is 41.9 Å². The van der Waals surface area contributed by atoms with Crippen molar-refractivity contribution >= 4 is 7.32 Å². The molecule has 4 rings (SSSR count). The van der Waals surface area contributed by atoms with Gasteiger partial charge in [0, 0.05) is 6.42 Å². The predicted molar refractivity (Wildman–Crippen MR) is 219 cm³/mol. The predicted octanol–water partition coefficient (Wildman–Crippen LogP) is 15.6. The minimum absolute atomic E-state index is 0.0133. The zero-order chi connectivity index (χ0) is 46.9. The first-order valence-corrected chi connectivity index (χ1v) is 21.0. The molecule has 0 aromatic heterocycles. The summed E-state index contributed by atoms with van der Waals surface area (Å²) in [7, 11) is -1.82.